The number of methoxy groups -OCH3 is 1. The van der Waals surface area contributed by atoms with E-state index >= 15 is 0 Å². The summed E-state index contributed by atoms with van der Waals surface area (Å²) in [5.74, 6) is 0.934. The van der Waals surface area contributed by atoms with Crippen molar-refractivity contribution in [3.8, 4) is 23.4 Å². The van der Waals surface area contributed by atoms with Crippen LogP contribution in [0.4, 0.5) is 5.69 Å². The number of carbonyl (C=O) groups excluding carboxylic acids is 1. The first kappa shape index (κ1) is 17.2. The Morgan fingerprint density at radius 2 is 2.08 bits per heavy atom. The number of ether oxygens (including phenoxy) is 2. The van der Waals surface area contributed by atoms with Gasteiger partial charge >= 0.3 is 0 Å². The van der Waals surface area contributed by atoms with Crippen molar-refractivity contribution >= 4 is 11.6 Å². The van der Waals surface area contributed by atoms with E-state index in [9.17, 15) is 4.79 Å². The van der Waals surface area contributed by atoms with Gasteiger partial charge in [0.25, 0.3) is 0 Å². The molecule has 2 aromatic rings. The van der Waals surface area contributed by atoms with Crippen LogP contribution in [0.3, 0.4) is 0 Å². The predicted molar refractivity (Wildman–Crippen MR) is 88.9 cm³/mol. The molecular weight excluding hydrogens is 308 g/mol. The van der Waals surface area contributed by atoms with Gasteiger partial charge in [-0.3, -0.25) is 4.79 Å². The highest BCUT2D eigenvalue weighted by molar-refractivity contribution is 5.97. The smallest absolute Gasteiger partial charge is 0.243 e. The van der Waals surface area contributed by atoms with Gasteiger partial charge in [0, 0.05) is 12.1 Å². The molecule has 7 nitrogen and oxygen atoms in total. The molecule has 0 unspecified atom stereocenters. The maximum atomic E-state index is 11.8. The van der Waals surface area contributed by atoms with E-state index in [1.165, 1.54) is 13.3 Å². The molecule has 0 atom stereocenters. The summed E-state index contributed by atoms with van der Waals surface area (Å²) < 4.78 is 10.7. The van der Waals surface area contributed by atoms with E-state index in [1.54, 1.807) is 44.2 Å². The van der Waals surface area contributed by atoms with Gasteiger partial charge in [-0.1, -0.05) is 0 Å². The summed E-state index contributed by atoms with van der Waals surface area (Å²) in [6.45, 7) is 3.23. The van der Waals surface area contributed by atoms with Crippen molar-refractivity contribution in [1.29, 1.82) is 5.26 Å². The molecule has 1 aromatic carbocycles. The first-order valence-corrected chi connectivity index (χ1v) is 7.16. The number of hydrogen-bond donors (Lipinski definition) is 2. The Kier molecular flexibility index (Phi) is 5.02. The molecule has 0 aliphatic rings. The van der Waals surface area contributed by atoms with Crippen molar-refractivity contribution in [3.63, 3.8) is 0 Å². The lowest BCUT2D eigenvalue weighted by atomic mass is 10.1. The van der Waals surface area contributed by atoms with Crippen LogP contribution in [0.1, 0.15) is 19.4 Å². The second kappa shape index (κ2) is 6.98. The number of nitriles is 1. The third-order valence-electron chi connectivity index (χ3n) is 3.10. The second-order valence-electron chi connectivity index (χ2n) is 5.64. The van der Waals surface area contributed by atoms with Crippen molar-refractivity contribution in [1.82, 2.24) is 4.98 Å². The Bertz CT molecular complexity index is 774. The average molecular weight is 326 g/mol. The lowest BCUT2D eigenvalue weighted by molar-refractivity contribution is -0.120. The standard InChI is InChI=1S/C17H18N4O3/c1-17(2,19)16(22)21-12-5-7-15(20-10-12)24-13-6-4-11(9-18)14(8-13)23-3/h4-8,10H,19H2,1-3H3,(H,21,22). The molecule has 0 aliphatic heterocycles. The molecule has 7 heteroatoms. The van der Waals surface area contributed by atoms with E-state index in [1.807, 2.05) is 6.07 Å². The van der Waals surface area contributed by atoms with Crippen LogP contribution >= 0.6 is 0 Å². The van der Waals surface area contributed by atoms with E-state index in [4.69, 9.17) is 20.5 Å². The van der Waals surface area contributed by atoms with Crippen molar-refractivity contribution in [2.45, 2.75) is 19.4 Å². The van der Waals surface area contributed by atoms with Gasteiger partial charge in [-0.2, -0.15) is 5.26 Å². The van der Waals surface area contributed by atoms with Crippen LogP contribution in [0.15, 0.2) is 36.5 Å². The molecule has 0 radical (unpaired) electrons. The molecule has 0 saturated carbocycles. The van der Waals surface area contributed by atoms with E-state index in [0.29, 0.717) is 28.6 Å². The second-order valence-corrected chi connectivity index (χ2v) is 5.64. The highest BCUT2D eigenvalue weighted by Gasteiger charge is 2.21. The maximum absolute atomic E-state index is 11.8. The molecule has 0 aliphatic carbocycles. The summed E-state index contributed by atoms with van der Waals surface area (Å²) in [5.41, 5.74) is 5.67. The predicted octanol–water partition coefficient (Wildman–Crippen LogP) is 2.43. The minimum absolute atomic E-state index is 0.310. The van der Waals surface area contributed by atoms with E-state index in [2.05, 4.69) is 10.3 Å². The minimum Gasteiger partial charge on any atom is -0.495 e. The quantitative estimate of drug-likeness (QED) is 0.873. The van der Waals surface area contributed by atoms with Gasteiger partial charge in [-0.15, -0.1) is 0 Å². The molecule has 124 valence electrons. The number of hydrogen-bond acceptors (Lipinski definition) is 6. The number of benzene rings is 1. The lowest BCUT2D eigenvalue weighted by Gasteiger charge is -2.17. The van der Waals surface area contributed by atoms with Gasteiger partial charge < -0.3 is 20.5 Å². The van der Waals surface area contributed by atoms with E-state index in [0.717, 1.165) is 0 Å². The number of amides is 1. The number of anilines is 1. The summed E-state index contributed by atoms with van der Waals surface area (Å²) in [5, 5.41) is 11.6. The topological polar surface area (TPSA) is 110 Å². The van der Waals surface area contributed by atoms with E-state index in [-0.39, 0.29) is 5.91 Å². The monoisotopic (exact) mass is 326 g/mol. The Morgan fingerprint density at radius 3 is 2.62 bits per heavy atom. The zero-order valence-corrected chi connectivity index (χ0v) is 13.7. The molecule has 1 aromatic heterocycles. The maximum Gasteiger partial charge on any atom is 0.243 e. The molecule has 2 rings (SSSR count). The summed E-state index contributed by atoms with van der Waals surface area (Å²) in [6.07, 6.45) is 1.47. The molecular formula is C17H18N4O3. The fourth-order valence-electron chi connectivity index (χ4n) is 1.75. The van der Waals surface area contributed by atoms with Gasteiger partial charge in [0.15, 0.2) is 0 Å². The molecule has 0 fully saturated rings. The number of nitrogens with one attached hydrogen (secondary N) is 1. The molecule has 0 bridgehead atoms. The fraction of sp³-hybridized carbons (Fsp3) is 0.235. The Hall–Kier alpha value is -3.11. The zero-order valence-electron chi connectivity index (χ0n) is 13.7. The number of aromatic nitrogens is 1. The average Bonchev–Trinajstić information content (AvgIpc) is 2.55. The number of carbonyl (C=O) groups is 1. The van der Waals surface area contributed by atoms with Crippen LogP contribution < -0.4 is 20.5 Å². The van der Waals surface area contributed by atoms with Crippen LogP contribution in [0, 0.1) is 11.3 Å². The van der Waals surface area contributed by atoms with Crippen molar-refractivity contribution in [2.24, 2.45) is 5.73 Å². The van der Waals surface area contributed by atoms with Crippen LogP contribution in [0.25, 0.3) is 0 Å². The van der Waals surface area contributed by atoms with Crippen molar-refractivity contribution in [3.05, 3.63) is 42.1 Å². The number of nitrogens with zero attached hydrogens (tertiary/aromatic N) is 2. The van der Waals surface area contributed by atoms with E-state index < -0.39 is 5.54 Å². The summed E-state index contributed by atoms with van der Waals surface area (Å²) >= 11 is 0. The third kappa shape index (κ3) is 4.21. The first-order chi connectivity index (χ1) is 11.3. The SMILES string of the molecule is COc1cc(Oc2ccc(NC(=O)C(C)(C)N)cn2)ccc1C#N. The highest BCUT2D eigenvalue weighted by Crippen LogP contribution is 2.27. The summed E-state index contributed by atoms with van der Waals surface area (Å²) in [6, 6.07) is 10.2. The minimum atomic E-state index is -0.978. The van der Waals surface area contributed by atoms with Crippen LogP contribution in [0.2, 0.25) is 0 Å². The molecule has 0 spiro atoms. The first-order valence-electron chi connectivity index (χ1n) is 7.16. The highest BCUT2D eigenvalue weighted by atomic mass is 16.5. The van der Waals surface area contributed by atoms with Crippen LogP contribution in [0.5, 0.6) is 17.4 Å². The van der Waals surface area contributed by atoms with Crippen molar-refractivity contribution in [2.75, 3.05) is 12.4 Å². The van der Waals surface area contributed by atoms with Crippen molar-refractivity contribution < 1.29 is 14.3 Å². The largest absolute Gasteiger partial charge is 0.495 e. The molecule has 1 amide bonds. The number of rotatable bonds is 5. The van der Waals surface area contributed by atoms with Gasteiger partial charge in [0.05, 0.1) is 30.1 Å². The molecule has 0 saturated heterocycles. The van der Waals surface area contributed by atoms with Gasteiger partial charge in [0.1, 0.15) is 17.6 Å². The third-order valence-corrected chi connectivity index (χ3v) is 3.10. The Labute approximate surface area is 140 Å². The molecule has 3 N–H and O–H groups in total. The normalized spacial score (nSPS) is 10.6. The van der Waals surface area contributed by atoms with Crippen LogP contribution in [-0.2, 0) is 4.79 Å². The lowest BCUT2D eigenvalue weighted by Crippen LogP contribution is -2.45. The Morgan fingerprint density at radius 1 is 1.33 bits per heavy atom. The summed E-state index contributed by atoms with van der Waals surface area (Å²) in [4.78, 5) is 15.9. The fourth-order valence-corrected chi connectivity index (χ4v) is 1.75. The van der Waals surface area contributed by atoms with Gasteiger partial charge in [-0.25, -0.2) is 4.98 Å². The summed E-state index contributed by atoms with van der Waals surface area (Å²) in [7, 11) is 1.48. The number of pyridine rings is 1. The number of nitrogens with two attached hydrogens (primary N) is 1. The molecule has 24 heavy (non-hydrogen) atoms. The van der Waals surface area contributed by atoms with Gasteiger partial charge in [-0.05, 0) is 32.0 Å². The Balaban J connectivity index is 2.10. The zero-order chi connectivity index (χ0) is 17.7. The van der Waals surface area contributed by atoms with Gasteiger partial charge in [0.2, 0.25) is 11.8 Å². The molecule has 1 heterocycles. The van der Waals surface area contributed by atoms with Crippen LogP contribution in [-0.4, -0.2) is 23.5 Å².